The summed E-state index contributed by atoms with van der Waals surface area (Å²) in [5.74, 6) is 1.02. The molecule has 4 N–H and O–H groups in total. The van der Waals surface area contributed by atoms with Crippen LogP contribution < -0.4 is 11.1 Å². The largest absolute Gasteiger partial charge is 0.368 e. The molecule has 3 rings (SSSR count). The molecule has 0 spiro atoms. The van der Waals surface area contributed by atoms with Crippen LogP contribution >= 0.6 is 0 Å². The molecule has 6 nitrogen and oxygen atoms in total. The summed E-state index contributed by atoms with van der Waals surface area (Å²) in [6.07, 6.45) is 6.45. The van der Waals surface area contributed by atoms with E-state index in [-0.39, 0.29) is 11.5 Å². The van der Waals surface area contributed by atoms with Gasteiger partial charge in [-0.3, -0.25) is 0 Å². The Morgan fingerprint density at radius 3 is 2.88 bits per heavy atom. The molecule has 0 amide bonds. The Balaban J connectivity index is 2.01. The van der Waals surface area contributed by atoms with Crippen molar-refractivity contribution < 1.29 is 0 Å². The summed E-state index contributed by atoms with van der Waals surface area (Å²) in [5, 5.41) is 3.48. The lowest BCUT2D eigenvalue weighted by molar-refractivity contribution is 0.531. The molecule has 2 aromatic rings. The van der Waals surface area contributed by atoms with E-state index in [1.165, 1.54) is 12.8 Å². The average Bonchev–Trinajstić information content (AvgIpc) is 2.86. The molecule has 0 bridgehead atoms. The smallest absolute Gasteiger partial charge is 0.224 e. The van der Waals surface area contributed by atoms with Crippen LogP contribution in [0.25, 0.3) is 11.2 Å². The zero-order valence-electron chi connectivity index (χ0n) is 9.82. The lowest BCUT2D eigenvalue weighted by Gasteiger charge is -2.26. The molecule has 0 saturated heterocycles. The minimum absolute atomic E-state index is 0.110. The molecule has 0 aromatic carbocycles. The molecule has 0 unspecified atom stereocenters. The van der Waals surface area contributed by atoms with E-state index in [0.717, 1.165) is 24.2 Å². The summed E-state index contributed by atoms with van der Waals surface area (Å²) in [5.41, 5.74) is 7.23. The Morgan fingerprint density at radius 1 is 1.35 bits per heavy atom. The number of aromatic amines is 1. The molecule has 2 aromatic heterocycles. The molecule has 90 valence electrons. The highest BCUT2D eigenvalue weighted by Crippen LogP contribution is 2.33. The van der Waals surface area contributed by atoms with Gasteiger partial charge in [0.1, 0.15) is 5.52 Å². The number of nitrogens with two attached hydrogens (primary N) is 1. The van der Waals surface area contributed by atoms with Crippen molar-refractivity contribution in [2.24, 2.45) is 0 Å². The predicted octanol–water partition coefficient (Wildman–Crippen LogP) is 1.68. The minimum atomic E-state index is 0.110. The molecule has 0 atom stereocenters. The van der Waals surface area contributed by atoms with Crippen LogP contribution in [0.1, 0.15) is 32.6 Å². The molecule has 17 heavy (non-hydrogen) atoms. The number of imidazole rings is 1. The zero-order valence-corrected chi connectivity index (χ0v) is 9.82. The van der Waals surface area contributed by atoms with E-state index in [0.29, 0.717) is 5.65 Å². The maximum Gasteiger partial charge on any atom is 0.224 e. The highest BCUT2D eigenvalue weighted by atomic mass is 15.2. The van der Waals surface area contributed by atoms with E-state index in [4.69, 9.17) is 5.73 Å². The lowest BCUT2D eigenvalue weighted by atomic mass is 10.0. The van der Waals surface area contributed by atoms with E-state index in [9.17, 15) is 0 Å². The quantitative estimate of drug-likeness (QED) is 0.732. The first-order valence-corrected chi connectivity index (χ1v) is 5.91. The first kappa shape index (κ1) is 10.3. The van der Waals surface area contributed by atoms with E-state index in [1.807, 2.05) is 0 Å². The van der Waals surface area contributed by atoms with Crippen molar-refractivity contribution >= 4 is 22.9 Å². The molecular formula is C11H16N6. The van der Waals surface area contributed by atoms with Crippen molar-refractivity contribution in [3.8, 4) is 0 Å². The third kappa shape index (κ3) is 1.79. The average molecular weight is 232 g/mol. The molecule has 1 aliphatic rings. The Hall–Kier alpha value is -1.85. The molecule has 1 saturated carbocycles. The second kappa shape index (κ2) is 3.58. The first-order valence-electron chi connectivity index (χ1n) is 5.91. The SMILES string of the molecule is CC1(Nc2nc(N)nc3nc[nH]c23)CCCC1. The number of hydrogen-bond donors (Lipinski definition) is 3. The molecule has 2 heterocycles. The summed E-state index contributed by atoms with van der Waals surface area (Å²) in [7, 11) is 0. The van der Waals surface area contributed by atoms with Crippen LogP contribution in [-0.4, -0.2) is 25.5 Å². The van der Waals surface area contributed by atoms with Gasteiger partial charge in [-0.25, -0.2) is 4.98 Å². The van der Waals surface area contributed by atoms with Crippen molar-refractivity contribution in [2.45, 2.75) is 38.1 Å². The number of fused-ring (bicyclic) bond motifs is 1. The number of nitrogen functional groups attached to an aromatic ring is 1. The van der Waals surface area contributed by atoms with Crippen molar-refractivity contribution in [3.05, 3.63) is 6.33 Å². The fraction of sp³-hybridized carbons (Fsp3) is 0.545. The second-order valence-corrected chi connectivity index (χ2v) is 4.92. The van der Waals surface area contributed by atoms with Crippen molar-refractivity contribution in [2.75, 3.05) is 11.1 Å². The van der Waals surface area contributed by atoms with Crippen LogP contribution in [0.3, 0.4) is 0 Å². The van der Waals surface area contributed by atoms with Gasteiger partial charge >= 0.3 is 0 Å². The number of rotatable bonds is 2. The molecular weight excluding hydrogens is 216 g/mol. The topological polar surface area (TPSA) is 92.5 Å². The first-order chi connectivity index (χ1) is 8.16. The van der Waals surface area contributed by atoms with Crippen LogP contribution in [0.2, 0.25) is 0 Å². The third-order valence-electron chi connectivity index (χ3n) is 3.43. The Bertz CT molecular complexity index is 540. The normalized spacial score (nSPS) is 18.6. The van der Waals surface area contributed by atoms with Crippen LogP contribution in [-0.2, 0) is 0 Å². The lowest BCUT2D eigenvalue weighted by Crippen LogP contribution is -2.31. The van der Waals surface area contributed by atoms with Crippen molar-refractivity contribution in [1.29, 1.82) is 0 Å². The molecule has 0 aliphatic heterocycles. The fourth-order valence-corrected chi connectivity index (χ4v) is 2.51. The number of aromatic nitrogens is 4. The summed E-state index contributed by atoms with van der Waals surface area (Å²) in [4.78, 5) is 15.5. The number of nitrogens with zero attached hydrogens (tertiary/aromatic N) is 3. The van der Waals surface area contributed by atoms with Crippen molar-refractivity contribution in [1.82, 2.24) is 19.9 Å². The number of hydrogen-bond acceptors (Lipinski definition) is 5. The van der Waals surface area contributed by atoms with Gasteiger partial charge in [-0.2, -0.15) is 9.97 Å². The summed E-state index contributed by atoms with van der Waals surface area (Å²) < 4.78 is 0. The van der Waals surface area contributed by atoms with Crippen LogP contribution in [0.5, 0.6) is 0 Å². The van der Waals surface area contributed by atoms with Gasteiger partial charge in [0.2, 0.25) is 5.95 Å². The van der Waals surface area contributed by atoms with E-state index < -0.39 is 0 Å². The molecule has 1 aliphatic carbocycles. The van der Waals surface area contributed by atoms with Gasteiger partial charge in [0.05, 0.1) is 6.33 Å². The number of H-pyrrole nitrogens is 1. The Morgan fingerprint density at radius 2 is 2.12 bits per heavy atom. The zero-order chi connectivity index (χ0) is 11.9. The van der Waals surface area contributed by atoms with Gasteiger partial charge in [0.25, 0.3) is 0 Å². The summed E-state index contributed by atoms with van der Waals surface area (Å²) in [6, 6.07) is 0. The number of anilines is 2. The molecule has 6 heteroatoms. The van der Waals surface area contributed by atoms with Crippen molar-refractivity contribution in [3.63, 3.8) is 0 Å². The fourth-order valence-electron chi connectivity index (χ4n) is 2.51. The van der Waals surface area contributed by atoms with Crippen LogP contribution in [0.4, 0.5) is 11.8 Å². The number of nitrogens with one attached hydrogen (secondary N) is 2. The van der Waals surface area contributed by atoms with Crippen LogP contribution in [0, 0.1) is 0 Å². The van der Waals surface area contributed by atoms with Gasteiger partial charge < -0.3 is 16.0 Å². The van der Waals surface area contributed by atoms with E-state index in [1.54, 1.807) is 6.33 Å². The summed E-state index contributed by atoms with van der Waals surface area (Å²) >= 11 is 0. The van der Waals surface area contributed by atoms with Gasteiger partial charge in [-0.1, -0.05) is 12.8 Å². The van der Waals surface area contributed by atoms with Gasteiger partial charge in [0, 0.05) is 5.54 Å². The standard InChI is InChI=1S/C11H16N6/c1-11(4-2-3-5-11)17-9-7-8(14-6-13-7)15-10(12)16-9/h6H,2-5H2,1H3,(H4,12,13,14,15,16,17). The predicted molar refractivity (Wildman–Crippen MR) is 66.6 cm³/mol. The maximum absolute atomic E-state index is 5.69. The molecule has 1 fully saturated rings. The van der Waals surface area contributed by atoms with Gasteiger partial charge in [0.15, 0.2) is 11.5 Å². The van der Waals surface area contributed by atoms with E-state index in [2.05, 4.69) is 32.2 Å². The maximum atomic E-state index is 5.69. The van der Waals surface area contributed by atoms with Gasteiger partial charge in [-0.05, 0) is 19.8 Å². The molecule has 0 radical (unpaired) electrons. The second-order valence-electron chi connectivity index (χ2n) is 4.92. The highest BCUT2D eigenvalue weighted by molar-refractivity contribution is 5.83. The van der Waals surface area contributed by atoms with E-state index >= 15 is 0 Å². The van der Waals surface area contributed by atoms with Gasteiger partial charge in [-0.15, -0.1) is 0 Å². The summed E-state index contributed by atoms with van der Waals surface area (Å²) in [6.45, 7) is 2.22. The Kier molecular flexibility index (Phi) is 2.17. The third-order valence-corrected chi connectivity index (χ3v) is 3.43. The Labute approximate surface area is 99.1 Å². The van der Waals surface area contributed by atoms with Crippen LogP contribution in [0.15, 0.2) is 6.33 Å². The minimum Gasteiger partial charge on any atom is -0.368 e. The highest BCUT2D eigenvalue weighted by Gasteiger charge is 2.29. The monoisotopic (exact) mass is 232 g/mol.